The van der Waals surface area contributed by atoms with Gasteiger partial charge in [-0.15, -0.1) is 0 Å². The number of rotatable bonds is 8. The average molecular weight is 588 g/mol. The molecule has 2 amide bonds. The Kier molecular flexibility index (Phi) is 9.02. The Balaban J connectivity index is 1.19. The fourth-order valence-corrected chi connectivity index (χ4v) is 6.28. The SMILES string of the molecule is NC(=O)c1ccc(CC=O)c(C(F)(F)F)c1N[C@@H]1CCN(C2CCN(c3ccc(C(=O)N4CCOCC4)cc3)CC2)C1. The lowest BCUT2D eigenvalue weighted by atomic mass is 9.97. The van der Waals surface area contributed by atoms with Crippen molar-refractivity contribution in [3.63, 3.8) is 0 Å². The summed E-state index contributed by atoms with van der Waals surface area (Å²) in [6.07, 6.45) is -2.34. The summed E-state index contributed by atoms with van der Waals surface area (Å²) in [4.78, 5) is 42.2. The molecule has 5 rings (SSSR count). The van der Waals surface area contributed by atoms with E-state index in [1.807, 2.05) is 29.2 Å². The number of piperidine rings is 1. The summed E-state index contributed by atoms with van der Waals surface area (Å²) in [5.74, 6) is -0.942. The van der Waals surface area contributed by atoms with Crippen LogP contribution >= 0.6 is 0 Å². The maximum absolute atomic E-state index is 14.1. The normalized spacial score (nSPS) is 20.5. The predicted octanol–water partition coefficient (Wildman–Crippen LogP) is 3.17. The number of amides is 2. The zero-order valence-corrected chi connectivity index (χ0v) is 23.4. The second kappa shape index (κ2) is 12.7. The Morgan fingerprint density at radius 1 is 0.976 bits per heavy atom. The van der Waals surface area contributed by atoms with Gasteiger partial charge in [-0.2, -0.15) is 13.2 Å². The van der Waals surface area contributed by atoms with E-state index >= 15 is 0 Å². The van der Waals surface area contributed by atoms with Gasteiger partial charge in [0.1, 0.15) is 6.29 Å². The van der Waals surface area contributed by atoms with Gasteiger partial charge in [0.05, 0.1) is 30.0 Å². The average Bonchev–Trinajstić information content (AvgIpc) is 3.45. The summed E-state index contributed by atoms with van der Waals surface area (Å²) in [5, 5.41) is 2.98. The summed E-state index contributed by atoms with van der Waals surface area (Å²) < 4.78 is 47.6. The van der Waals surface area contributed by atoms with Crippen molar-refractivity contribution in [2.24, 2.45) is 5.73 Å². The van der Waals surface area contributed by atoms with E-state index in [-0.39, 0.29) is 34.8 Å². The van der Waals surface area contributed by atoms with Gasteiger partial charge in [0.15, 0.2) is 0 Å². The minimum Gasteiger partial charge on any atom is -0.380 e. The zero-order valence-electron chi connectivity index (χ0n) is 23.4. The molecular formula is C30H36F3N5O4. The minimum atomic E-state index is -4.76. The molecule has 0 bridgehead atoms. The Morgan fingerprint density at radius 2 is 1.67 bits per heavy atom. The van der Waals surface area contributed by atoms with Crippen LogP contribution in [0.2, 0.25) is 0 Å². The molecule has 0 aromatic heterocycles. The summed E-state index contributed by atoms with van der Waals surface area (Å²) >= 11 is 0. The monoisotopic (exact) mass is 587 g/mol. The first-order valence-corrected chi connectivity index (χ1v) is 14.3. The fourth-order valence-electron chi connectivity index (χ4n) is 6.28. The molecule has 0 saturated carbocycles. The van der Waals surface area contributed by atoms with Crippen molar-refractivity contribution in [1.29, 1.82) is 0 Å². The Bertz CT molecular complexity index is 1290. The lowest BCUT2D eigenvalue weighted by molar-refractivity contribution is -0.137. The largest absolute Gasteiger partial charge is 0.418 e. The van der Waals surface area contributed by atoms with Gasteiger partial charge in [-0.1, -0.05) is 6.07 Å². The van der Waals surface area contributed by atoms with Gasteiger partial charge in [-0.3, -0.25) is 14.5 Å². The molecule has 2 aromatic rings. The van der Waals surface area contributed by atoms with Gasteiger partial charge in [0.2, 0.25) is 0 Å². The van der Waals surface area contributed by atoms with Crippen LogP contribution in [0.15, 0.2) is 36.4 Å². The lowest BCUT2D eigenvalue weighted by Gasteiger charge is -2.38. The standard InChI is InChI=1S/C30H36F3N5O4/c31-30(32,33)26-20(10-16-39)3-6-25(28(34)40)27(26)35-22-7-11-38(19-22)24-8-12-36(13-9-24)23-4-1-21(2-5-23)29(41)37-14-17-42-18-15-37/h1-6,16,22,24,35H,7-15,17-19H2,(H2,34,40)/t22-/m1/s1. The molecule has 2 aromatic carbocycles. The van der Waals surface area contributed by atoms with Crippen molar-refractivity contribution in [3.8, 4) is 0 Å². The van der Waals surface area contributed by atoms with Crippen molar-refractivity contribution >= 4 is 29.5 Å². The summed E-state index contributed by atoms with van der Waals surface area (Å²) in [6, 6.07) is 10.1. The highest BCUT2D eigenvalue weighted by molar-refractivity contribution is 6.00. The molecule has 3 heterocycles. The van der Waals surface area contributed by atoms with Crippen LogP contribution in [-0.4, -0.2) is 92.5 Å². The van der Waals surface area contributed by atoms with Crippen molar-refractivity contribution in [3.05, 3.63) is 58.7 Å². The number of aldehydes is 1. The topological polar surface area (TPSA) is 108 Å². The van der Waals surface area contributed by atoms with E-state index in [1.165, 1.54) is 6.07 Å². The molecule has 3 aliphatic rings. The number of halogens is 3. The number of anilines is 2. The van der Waals surface area contributed by atoms with Gasteiger partial charge in [0.25, 0.3) is 11.8 Å². The number of primary amides is 1. The second-order valence-electron chi connectivity index (χ2n) is 11.0. The second-order valence-corrected chi connectivity index (χ2v) is 11.0. The summed E-state index contributed by atoms with van der Waals surface area (Å²) in [6.45, 7) is 5.24. The van der Waals surface area contributed by atoms with Gasteiger partial charge in [0, 0.05) is 69.0 Å². The van der Waals surface area contributed by atoms with Crippen LogP contribution in [-0.2, 0) is 22.1 Å². The highest BCUT2D eigenvalue weighted by atomic mass is 19.4. The number of nitrogens with two attached hydrogens (primary N) is 1. The summed E-state index contributed by atoms with van der Waals surface area (Å²) in [7, 11) is 0. The van der Waals surface area contributed by atoms with Gasteiger partial charge >= 0.3 is 6.18 Å². The molecule has 3 saturated heterocycles. The first-order valence-electron chi connectivity index (χ1n) is 14.3. The van der Waals surface area contributed by atoms with E-state index in [0.717, 1.165) is 44.2 Å². The lowest BCUT2D eigenvalue weighted by Crippen LogP contribution is -2.44. The third-order valence-corrected chi connectivity index (χ3v) is 8.47. The third kappa shape index (κ3) is 6.54. The van der Waals surface area contributed by atoms with Crippen LogP contribution in [0.1, 0.15) is 51.1 Å². The van der Waals surface area contributed by atoms with Crippen LogP contribution in [0.4, 0.5) is 24.5 Å². The van der Waals surface area contributed by atoms with E-state index in [0.29, 0.717) is 51.1 Å². The van der Waals surface area contributed by atoms with E-state index < -0.39 is 24.1 Å². The van der Waals surface area contributed by atoms with Gasteiger partial charge in [-0.05, 0) is 55.2 Å². The Hall–Kier alpha value is -3.64. The van der Waals surface area contributed by atoms with Crippen molar-refractivity contribution in [2.75, 3.05) is 62.7 Å². The molecular weight excluding hydrogens is 551 g/mol. The number of morpholine rings is 1. The number of benzene rings is 2. The van der Waals surface area contributed by atoms with Crippen LogP contribution in [0, 0.1) is 0 Å². The third-order valence-electron chi connectivity index (χ3n) is 8.47. The molecule has 226 valence electrons. The first-order chi connectivity index (χ1) is 20.2. The number of nitrogens with zero attached hydrogens (tertiary/aromatic N) is 3. The molecule has 3 aliphatic heterocycles. The van der Waals surface area contributed by atoms with Crippen LogP contribution in [0.25, 0.3) is 0 Å². The molecule has 9 nitrogen and oxygen atoms in total. The van der Waals surface area contributed by atoms with Crippen molar-refractivity contribution in [2.45, 2.75) is 43.9 Å². The number of ether oxygens (including phenoxy) is 1. The molecule has 0 spiro atoms. The highest BCUT2D eigenvalue weighted by Gasteiger charge is 2.39. The fraction of sp³-hybridized carbons (Fsp3) is 0.500. The number of likely N-dealkylation sites (tertiary alicyclic amines) is 1. The Morgan fingerprint density at radius 3 is 2.29 bits per heavy atom. The van der Waals surface area contributed by atoms with E-state index in [9.17, 15) is 27.6 Å². The molecule has 0 unspecified atom stereocenters. The van der Waals surface area contributed by atoms with Crippen LogP contribution < -0.4 is 16.0 Å². The first kappa shape index (κ1) is 29.8. The Labute approximate surface area is 242 Å². The molecule has 0 radical (unpaired) electrons. The molecule has 3 N–H and O–H groups in total. The number of carbonyl (C=O) groups is 3. The minimum absolute atomic E-state index is 0.0153. The van der Waals surface area contributed by atoms with E-state index in [2.05, 4.69) is 15.1 Å². The maximum atomic E-state index is 14.1. The molecule has 1 atom stereocenters. The molecule has 3 fully saturated rings. The zero-order chi connectivity index (χ0) is 29.9. The highest BCUT2D eigenvalue weighted by Crippen LogP contribution is 2.40. The van der Waals surface area contributed by atoms with Gasteiger partial charge < -0.3 is 30.4 Å². The molecule has 12 heteroatoms. The summed E-state index contributed by atoms with van der Waals surface area (Å²) in [5.41, 5.74) is 5.38. The number of hydrogen-bond donors (Lipinski definition) is 2. The number of alkyl halides is 3. The predicted molar refractivity (Wildman–Crippen MR) is 152 cm³/mol. The number of hydrogen-bond acceptors (Lipinski definition) is 7. The smallest absolute Gasteiger partial charge is 0.380 e. The van der Waals surface area contributed by atoms with Crippen LogP contribution in [0.5, 0.6) is 0 Å². The molecule has 0 aliphatic carbocycles. The van der Waals surface area contributed by atoms with E-state index in [1.54, 1.807) is 0 Å². The van der Waals surface area contributed by atoms with E-state index in [4.69, 9.17) is 10.5 Å². The maximum Gasteiger partial charge on any atom is 0.418 e. The van der Waals surface area contributed by atoms with Crippen LogP contribution in [0.3, 0.4) is 0 Å². The quantitative estimate of drug-likeness (QED) is 0.457. The van der Waals surface area contributed by atoms with Crippen molar-refractivity contribution < 1.29 is 32.3 Å². The molecule has 42 heavy (non-hydrogen) atoms. The van der Waals surface area contributed by atoms with Crippen molar-refractivity contribution in [1.82, 2.24) is 9.80 Å². The van der Waals surface area contributed by atoms with Gasteiger partial charge in [-0.25, -0.2) is 0 Å². The number of carbonyl (C=O) groups excluding carboxylic acids is 3. The number of nitrogens with one attached hydrogen (secondary N) is 1.